The Kier molecular flexibility index (Phi) is 3.66. The van der Waals surface area contributed by atoms with Gasteiger partial charge in [-0.15, -0.1) is 0 Å². The van der Waals surface area contributed by atoms with Crippen molar-refractivity contribution < 1.29 is 14.6 Å². The lowest BCUT2D eigenvalue weighted by molar-refractivity contribution is -0.137. The van der Waals surface area contributed by atoms with E-state index in [9.17, 15) is 9.59 Å². The van der Waals surface area contributed by atoms with Gasteiger partial charge in [0.25, 0.3) is 5.56 Å². The van der Waals surface area contributed by atoms with E-state index in [2.05, 4.69) is 0 Å². The van der Waals surface area contributed by atoms with Crippen molar-refractivity contribution in [2.24, 2.45) is 0 Å². The van der Waals surface area contributed by atoms with Gasteiger partial charge in [0.05, 0.1) is 7.11 Å². The smallest absolute Gasteiger partial charge is 0.323 e. The third kappa shape index (κ3) is 3.01. The largest absolute Gasteiger partial charge is 0.497 e. The molecule has 0 radical (unpaired) electrons. The SMILES string of the molecule is COc1ccc(-c2ccc(=O)n(CC(=O)O)c2)cc1. The fraction of sp³-hybridized carbons (Fsp3) is 0.143. The van der Waals surface area contributed by atoms with Gasteiger partial charge in [0, 0.05) is 12.3 Å². The molecule has 1 aromatic carbocycles. The first-order valence-electron chi connectivity index (χ1n) is 5.67. The van der Waals surface area contributed by atoms with Gasteiger partial charge in [0.1, 0.15) is 12.3 Å². The van der Waals surface area contributed by atoms with Crippen molar-refractivity contribution in [3.8, 4) is 16.9 Å². The number of aromatic nitrogens is 1. The highest BCUT2D eigenvalue weighted by molar-refractivity contribution is 5.67. The lowest BCUT2D eigenvalue weighted by atomic mass is 10.1. The van der Waals surface area contributed by atoms with Gasteiger partial charge in [-0.1, -0.05) is 12.1 Å². The topological polar surface area (TPSA) is 68.5 Å². The molecule has 2 rings (SSSR count). The van der Waals surface area contributed by atoms with Crippen LogP contribution in [0.3, 0.4) is 0 Å². The van der Waals surface area contributed by atoms with E-state index < -0.39 is 5.97 Å². The molecule has 5 nitrogen and oxygen atoms in total. The number of ether oxygens (including phenoxy) is 1. The highest BCUT2D eigenvalue weighted by Gasteiger charge is 2.05. The van der Waals surface area contributed by atoms with Crippen molar-refractivity contribution in [1.82, 2.24) is 4.57 Å². The zero-order valence-electron chi connectivity index (χ0n) is 10.4. The molecule has 0 aliphatic heterocycles. The molecular weight excluding hydrogens is 246 g/mol. The molecule has 1 heterocycles. The Bertz CT molecular complexity index is 643. The Morgan fingerprint density at radius 2 is 1.79 bits per heavy atom. The van der Waals surface area contributed by atoms with Crippen LogP contribution in [0, 0.1) is 0 Å². The summed E-state index contributed by atoms with van der Waals surface area (Å²) in [5, 5.41) is 8.74. The highest BCUT2D eigenvalue weighted by atomic mass is 16.5. The number of hydrogen-bond acceptors (Lipinski definition) is 3. The Morgan fingerprint density at radius 3 is 2.37 bits per heavy atom. The van der Waals surface area contributed by atoms with Gasteiger partial charge in [-0.05, 0) is 29.3 Å². The third-order valence-electron chi connectivity index (χ3n) is 2.71. The first kappa shape index (κ1) is 12.9. The van der Waals surface area contributed by atoms with E-state index in [4.69, 9.17) is 9.84 Å². The highest BCUT2D eigenvalue weighted by Crippen LogP contribution is 2.21. The van der Waals surface area contributed by atoms with Gasteiger partial charge in [-0.3, -0.25) is 9.59 Å². The molecule has 0 saturated carbocycles. The fourth-order valence-electron chi connectivity index (χ4n) is 1.75. The van der Waals surface area contributed by atoms with Crippen molar-refractivity contribution in [2.75, 3.05) is 7.11 Å². The molecule has 0 fully saturated rings. The zero-order valence-corrected chi connectivity index (χ0v) is 10.4. The van der Waals surface area contributed by atoms with Gasteiger partial charge in [-0.2, -0.15) is 0 Å². The summed E-state index contributed by atoms with van der Waals surface area (Å²) in [7, 11) is 1.59. The monoisotopic (exact) mass is 259 g/mol. The minimum atomic E-state index is -1.05. The maximum Gasteiger partial charge on any atom is 0.323 e. The van der Waals surface area contributed by atoms with Crippen LogP contribution in [0.4, 0.5) is 0 Å². The van der Waals surface area contributed by atoms with Crippen LogP contribution in [-0.4, -0.2) is 22.8 Å². The number of rotatable bonds is 4. The molecule has 0 spiro atoms. The summed E-state index contributed by atoms with van der Waals surface area (Å²) in [5.41, 5.74) is 1.34. The first-order chi connectivity index (χ1) is 9.10. The van der Waals surface area contributed by atoms with Crippen LogP contribution >= 0.6 is 0 Å². The lowest BCUT2D eigenvalue weighted by Gasteiger charge is -2.07. The van der Waals surface area contributed by atoms with Gasteiger partial charge < -0.3 is 14.4 Å². The number of carbonyl (C=O) groups is 1. The van der Waals surface area contributed by atoms with E-state index >= 15 is 0 Å². The molecule has 0 saturated heterocycles. The standard InChI is InChI=1S/C14H13NO4/c1-19-12-5-2-10(3-6-12)11-4-7-13(16)15(8-11)9-14(17)18/h2-8H,9H2,1H3,(H,17,18). The van der Waals surface area contributed by atoms with Crippen LogP contribution in [0.5, 0.6) is 5.75 Å². The molecule has 19 heavy (non-hydrogen) atoms. The minimum absolute atomic E-state index is 0.334. The van der Waals surface area contributed by atoms with Crippen LogP contribution in [0.2, 0.25) is 0 Å². The Balaban J connectivity index is 2.39. The molecule has 0 aliphatic carbocycles. The van der Waals surface area contributed by atoms with Crippen LogP contribution in [-0.2, 0) is 11.3 Å². The number of hydrogen-bond donors (Lipinski definition) is 1. The summed E-state index contributed by atoms with van der Waals surface area (Å²) < 4.78 is 6.24. The van der Waals surface area contributed by atoms with E-state index in [0.717, 1.165) is 16.9 Å². The van der Waals surface area contributed by atoms with E-state index in [1.165, 1.54) is 16.8 Å². The second-order valence-corrected chi connectivity index (χ2v) is 4.01. The van der Waals surface area contributed by atoms with E-state index in [1.54, 1.807) is 13.2 Å². The number of aliphatic carboxylic acids is 1. The predicted octanol–water partition coefficient (Wildman–Crippen LogP) is 1.61. The second-order valence-electron chi connectivity index (χ2n) is 4.01. The summed E-state index contributed by atoms with van der Waals surface area (Å²) in [5.74, 6) is -0.309. The molecule has 98 valence electrons. The molecule has 1 aromatic heterocycles. The van der Waals surface area contributed by atoms with Crippen LogP contribution in [0.1, 0.15) is 0 Å². The molecule has 0 bridgehead atoms. The summed E-state index contributed by atoms with van der Waals surface area (Å²) in [6, 6.07) is 10.3. The van der Waals surface area contributed by atoms with Crippen molar-refractivity contribution in [3.63, 3.8) is 0 Å². The van der Waals surface area contributed by atoms with Crippen molar-refractivity contribution in [1.29, 1.82) is 0 Å². The van der Waals surface area contributed by atoms with Gasteiger partial charge in [0.2, 0.25) is 0 Å². The predicted molar refractivity (Wildman–Crippen MR) is 70.3 cm³/mol. The normalized spacial score (nSPS) is 10.2. The molecule has 2 aromatic rings. The first-order valence-corrected chi connectivity index (χ1v) is 5.67. The maximum atomic E-state index is 11.5. The molecule has 0 atom stereocenters. The van der Waals surface area contributed by atoms with Crippen LogP contribution in [0.15, 0.2) is 47.4 Å². The molecule has 0 unspecified atom stereocenters. The second kappa shape index (κ2) is 5.39. The molecule has 5 heteroatoms. The quantitative estimate of drug-likeness (QED) is 0.905. The molecule has 0 amide bonds. The average molecular weight is 259 g/mol. The van der Waals surface area contributed by atoms with Crippen LogP contribution < -0.4 is 10.3 Å². The molecule has 1 N–H and O–H groups in total. The van der Waals surface area contributed by atoms with Crippen LogP contribution in [0.25, 0.3) is 11.1 Å². The van der Waals surface area contributed by atoms with Crippen molar-refractivity contribution in [2.45, 2.75) is 6.54 Å². The summed E-state index contributed by atoms with van der Waals surface area (Å²) >= 11 is 0. The maximum absolute atomic E-state index is 11.5. The summed E-state index contributed by atoms with van der Waals surface area (Å²) in [4.78, 5) is 22.2. The molecule has 0 aliphatic rings. The van der Waals surface area contributed by atoms with Gasteiger partial charge >= 0.3 is 5.97 Å². The van der Waals surface area contributed by atoms with E-state index in [-0.39, 0.29) is 12.1 Å². The van der Waals surface area contributed by atoms with Gasteiger partial charge in [0.15, 0.2) is 0 Å². The third-order valence-corrected chi connectivity index (χ3v) is 2.71. The number of pyridine rings is 1. The average Bonchev–Trinajstić information content (AvgIpc) is 2.41. The number of benzene rings is 1. The van der Waals surface area contributed by atoms with E-state index in [0.29, 0.717) is 0 Å². The zero-order chi connectivity index (χ0) is 13.8. The summed E-state index contributed by atoms with van der Waals surface area (Å²) in [6.45, 7) is -0.344. The number of methoxy groups -OCH3 is 1. The van der Waals surface area contributed by atoms with Gasteiger partial charge in [-0.25, -0.2) is 0 Å². The Labute approximate surface area is 109 Å². The van der Waals surface area contributed by atoms with Crippen molar-refractivity contribution >= 4 is 5.97 Å². The number of nitrogens with zero attached hydrogens (tertiary/aromatic N) is 1. The minimum Gasteiger partial charge on any atom is -0.497 e. The Morgan fingerprint density at radius 1 is 1.16 bits per heavy atom. The summed E-state index contributed by atoms with van der Waals surface area (Å²) in [6.07, 6.45) is 1.54. The van der Waals surface area contributed by atoms with Crippen molar-refractivity contribution in [3.05, 3.63) is 52.9 Å². The molecular formula is C14H13NO4. The fourth-order valence-corrected chi connectivity index (χ4v) is 1.75. The lowest BCUT2D eigenvalue weighted by Crippen LogP contribution is -2.22. The van der Waals surface area contributed by atoms with E-state index in [1.807, 2.05) is 24.3 Å². The number of carboxylic acids is 1. The Hall–Kier alpha value is -2.56. The number of carboxylic acid groups (broad SMARTS) is 1.